The van der Waals surface area contributed by atoms with Crippen molar-refractivity contribution >= 4 is 5.97 Å². The normalized spacial score (nSPS) is 14.4. The first-order chi connectivity index (χ1) is 6.99. The Morgan fingerprint density at radius 1 is 1.33 bits per heavy atom. The fraction of sp³-hybridized carbons (Fsp3) is 0.769. The molecule has 0 rings (SSSR count). The van der Waals surface area contributed by atoms with Gasteiger partial charge in [-0.3, -0.25) is 0 Å². The number of ether oxygens (including phenoxy) is 1. The fourth-order valence-corrected chi connectivity index (χ4v) is 1.29. The standard InChI is InChI=1S/C13H24O2/c1-6-9-10-13(5,8-3)15-12(14)11(4)7-2/h4,6-10H2,1-3,5H3. The van der Waals surface area contributed by atoms with Crippen molar-refractivity contribution < 1.29 is 9.53 Å². The third-order valence-electron chi connectivity index (χ3n) is 2.86. The summed E-state index contributed by atoms with van der Waals surface area (Å²) in [6.45, 7) is 11.8. The summed E-state index contributed by atoms with van der Waals surface area (Å²) in [5.41, 5.74) is 0.247. The number of rotatable bonds is 7. The Kier molecular flexibility index (Phi) is 6.30. The highest BCUT2D eigenvalue weighted by molar-refractivity contribution is 5.87. The van der Waals surface area contributed by atoms with E-state index >= 15 is 0 Å². The monoisotopic (exact) mass is 212 g/mol. The summed E-state index contributed by atoms with van der Waals surface area (Å²) in [7, 11) is 0. The largest absolute Gasteiger partial charge is 0.456 e. The summed E-state index contributed by atoms with van der Waals surface area (Å²) >= 11 is 0. The highest BCUT2D eigenvalue weighted by Gasteiger charge is 2.26. The molecule has 0 N–H and O–H groups in total. The van der Waals surface area contributed by atoms with Gasteiger partial charge in [-0.25, -0.2) is 4.79 Å². The molecule has 2 nitrogen and oxygen atoms in total. The van der Waals surface area contributed by atoms with Crippen LogP contribution in [0.4, 0.5) is 0 Å². The molecule has 0 saturated carbocycles. The van der Waals surface area contributed by atoms with E-state index in [0.717, 1.165) is 25.7 Å². The van der Waals surface area contributed by atoms with Gasteiger partial charge < -0.3 is 4.74 Å². The highest BCUT2D eigenvalue weighted by Crippen LogP contribution is 2.24. The molecule has 15 heavy (non-hydrogen) atoms. The smallest absolute Gasteiger partial charge is 0.333 e. The van der Waals surface area contributed by atoms with Crippen LogP contribution in [0, 0.1) is 0 Å². The van der Waals surface area contributed by atoms with Gasteiger partial charge in [0.1, 0.15) is 5.60 Å². The molecule has 0 saturated heterocycles. The number of hydrogen-bond acceptors (Lipinski definition) is 2. The highest BCUT2D eigenvalue weighted by atomic mass is 16.6. The predicted molar refractivity (Wildman–Crippen MR) is 63.7 cm³/mol. The van der Waals surface area contributed by atoms with Crippen LogP contribution in [0.3, 0.4) is 0 Å². The van der Waals surface area contributed by atoms with E-state index in [-0.39, 0.29) is 11.6 Å². The van der Waals surface area contributed by atoms with Crippen molar-refractivity contribution in [3.63, 3.8) is 0 Å². The zero-order valence-corrected chi connectivity index (χ0v) is 10.6. The predicted octanol–water partition coefficient (Wildman–Crippen LogP) is 3.85. The first-order valence-electron chi connectivity index (χ1n) is 5.90. The van der Waals surface area contributed by atoms with Crippen molar-refractivity contribution in [2.45, 2.75) is 65.4 Å². The van der Waals surface area contributed by atoms with Crippen LogP contribution in [-0.4, -0.2) is 11.6 Å². The van der Waals surface area contributed by atoms with Crippen LogP contribution in [0.15, 0.2) is 12.2 Å². The van der Waals surface area contributed by atoms with E-state index in [9.17, 15) is 4.79 Å². The minimum absolute atomic E-state index is 0.238. The molecule has 0 aromatic carbocycles. The first kappa shape index (κ1) is 14.2. The molecule has 0 bridgehead atoms. The summed E-state index contributed by atoms with van der Waals surface area (Å²) in [5, 5.41) is 0. The molecular weight excluding hydrogens is 188 g/mol. The number of hydrogen-bond donors (Lipinski definition) is 0. The van der Waals surface area contributed by atoms with Crippen molar-refractivity contribution in [3.8, 4) is 0 Å². The van der Waals surface area contributed by atoms with E-state index < -0.39 is 0 Å². The van der Waals surface area contributed by atoms with E-state index in [2.05, 4.69) is 20.4 Å². The zero-order chi connectivity index (χ0) is 11.9. The van der Waals surface area contributed by atoms with Gasteiger partial charge in [0, 0.05) is 5.57 Å². The number of esters is 1. The van der Waals surface area contributed by atoms with E-state index in [1.165, 1.54) is 0 Å². The molecular formula is C13H24O2. The molecule has 0 aromatic rings. The minimum Gasteiger partial charge on any atom is -0.456 e. The summed E-state index contributed by atoms with van der Waals surface area (Å²) in [6, 6.07) is 0. The van der Waals surface area contributed by atoms with Gasteiger partial charge in [-0.15, -0.1) is 0 Å². The van der Waals surface area contributed by atoms with Crippen LogP contribution >= 0.6 is 0 Å². The van der Waals surface area contributed by atoms with Gasteiger partial charge in [0.15, 0.2) is 0 Å². The summed E-state index contributed by atoms with van der Waals surface area (Å²) < 4.78 is 5.50. The fourth-order valence-electron chi connectivity index (χ4n) is 1.29. The lowest BCUT2D eigenvalue weighted by Crippen LogP contribution is -2.31. The van der Waals surface area contributed by atoms with Crippen molar-refractivity contribution in [1.82, 2.24) is 0 Å². The van der Waals surface area contributed by atoms with Crippen molar-refractivity contribution in [2.24, 2.45) is 0 Å². The van der Waals surface area contributed by atoms with E-state index in [0.29, 0.717) is 12.0 Å². The molecule has 0 fully saturated rings. The van der Waals surface area contributed by atoms with Crippen LogP contribution in [0.25, 0.3) is 0 Å². The Labute approximate surface area is 93.7 Å². The Morgan fingerprint density at radius 2 is 1.93 bits per heavy atom. The Balaban J connectivity index is 4.29. The number of unbranched alkanes of at least 4 members (excludes halogenated alkanes) is 1. The SMILES string of the molecule is C=C(CC)C(=O)OC(C)(CC)CCCC. The molecule has 88 valence electrons. The number of carbonyl (C=O) groups is 1. The molecule has 0 heterocycles. The molecule has 0 aliphatic rings. The third-order valence-corrected chi connectivity index (χ3v) is 2.86. The van der Waals surface area contributed by atoms with Gasteiger partial charge in [0.25, 0.3) is 0 Å². The van der Waals surface area contributed by atoms with E-state index in [1.807, 2.05) is 13.8 Å². The summed E-state index contributed by atoms with van der Waals surface area (Å²) in [4.78, 5) is 11.6. The average Bonchev–Trinajstić information content (AvgIpc) is 2.25. The van der Waals surface area contributed by atoms with Crippen LogP contribution in [0.5, 0.6) is 0 Å². The van der Waals surface area contributed by atoms with Crippen LogP contribution in [0.1, 0.15) is 59.8 Å². The van der Waals surface area contributed by atoms with Gasteiger partial charge in [-0.2, -0.15) is 0 Å². The zero-order valence-electron chi connectivity index (χ0n) is 10.6. The lowest BCUT2D eigenvalue weighted by molar-refractivity contribution is -0.154. The first-order valence-corrected chi connectivity index (χ1v) is 5.90. The topological polar surface area (TPSA) is 26.3 Å². The second-order valence-corrected chi connectivity index (χ2v) is 4.25. The molecule has 0 spiro atoms. The summed E-state index contributed by atoms with van der Waals surface area (Å²) in [5.74, 6) is -0.238. The van der Waals surface area contributed by atoms with E-state index in [4.69, 9.17) is 4.74 Å². The maximum absolute atomic E-state index is 11.6. The Hall–Kier alpha value is -0.790. The van der Waals surface area contributed by atoms with Crippen molar-refractivity contribution in [3.05, 3.63) is 12.2 Å². The second kappa shape index (κ2) is 6.65. The number of carbonyl (C=O) groups excluding carboxylic acids is 1. The summed E-state index contributed by atoms with van der Waals surface area (Å²) in [6.07, 6.45) is 4.67. The average molecular weight is 212 g/mol. The second-order valence-electron chi connectivity index (χ2n) is 4.25. The quantitative estimate of drug-likeness (QED) is 0.473. The molecule has 1 atom stereocenters. The molecule has 1 unspecified atom stereocenters. The van der Waals surface area contributed by atoms with E-state index in [1.54, 1.807) is 0 Å². The molecule has 0 aliphatic carbocycles. The molecule has 0 aromatic heterocycles. The van der Waals surface area contributed by atoms with Gasteiger partial charge in [-0.1, -0.05) is 33.8 Å². The molecule has 0 amide bonds. The maximum Gasteiger partial charge on any atom is 0.333 e. The van der Waals surface area contributed by atoms with Crippen LogP contribution < -0.4 is 0 Å². The Morgan fingerprint density at radius 3 is 2.33 bits per heavy atom. The third kappa shape index (κ3) is 5.01. The van der Waals surface area contributed by atoms with Gasteiger partial charge in [0.2, 0.25) is 0 Å². The minimum atomic E-state index is -0.314. The van der Waals surface area contributed by atoms with Gasteiger partial charge in [-0.05, 0) is 32.6 Å². The lowest BCUT2D eigenvalue weighted by Gasteiger charge is -2.28. The molecule has 0 radical (unpaired) electrons. The van der Waals surface area contributed by atoms with Crippen molar-refractivity contribution in [2.75, 3.05) is 0 Å². The van der Waals surface area contributed by atoms with Crippen molar-refractivity contribution in [1.29, 1.82) is 0 Å². The molecule has 0 aliphatic heterocycles. The van der Waals surface area contributed by atoms with Crippen LogP contribution in [0.2, 0.25) is 0 Å². The van der Waals surface area contributed by atoms with Gasteiger partial charge in [0.05, 0.1) is 0 Å². The molecule has 2 heteroatoms. The maximum atomic E-state index is 11.6. The van der Waals surface area contributed by atoms with Gasteiger partial charge >= 0.3 is 5.97 Å². The van der Waals surface area contributed by atoms with Crippen LogP contribution in [-0.2, 0) is 9.53 Å². The Bertz CT molecular complexity index is 221. The lowest BCUT2D eigenvalue weighted by atomic mass is 9.96.